The molecule has 3 atom stereocenters. The molecular weight excluding hydrogens is 770 g/mol. The Morgan fingerprint density at radius 2 is 1.69 bits per heavy atom. The van der Waals surface area contributed by atoms with Crippen LogP contribution in [0, 0.1) is 19.7 Å². The number of hydrogen-bond donors (Lipinski definition) is 1. The first kappa shape index (κ1) is 40.5. The Morgan fingerprint density at radius 3 is 2.34 bits per heavy atom. The van der Waals surface area contributed by atoms with E-state index < -0.39 is 21.5 Å². The molecule has 0 spiro atoms. The molecule has 0 unspecified atom stereocenters. The van der Waals surface area contributed by atoms with Gasteiger partial charge in [-0.2, -0.15) is 0 Å². The zero-order valence-electron chi connectivity index (χ0n) is 34.3. The van der Waals surface area contributed by atoms with Crippen LogP contribution in [0.15, 0.2) is 103 Å². The second kappa shape index (κ2) is 16.4. The molecule has 2 fully saturated rings. The van der Waals surface area contributed by atoms with Gasteiger partial charge in [-0.15, -0.1) is 0 Å². The normalized spacial score (nSPS) is 20.2. The van der Waals surface area contributed by atoms with Crippen molar-refractivity contribution in [2.24, 2.45) is 15.1 Å². The molecule has 59 heavy (non-hydrogen) atoms. The fourth-order valence-corrected chi connectivity index (χ4v) is 10.0. The number of benzene rings is 3. The number of ether oxygens (including phenoxy) is 2. The van der Waals surface area contributed by atoms with E-state index >= 15 is 0 Å². The molecule has 0 bridgehead atoms. The van der Waals surface area contributed by atoms with E-state index in [0.717, 1.165) is 43.4 Å². The number of nitrogens with zero attached hydrogens (tertiary/aromatic N) is 6. The van der Waals surface area contributed by atoms with E-state index in [1.165, 1.54) is 14.7 Å². The second-order valence-corrected chi connectivity index (χ2v) is 18.4. The number of imidazole rings is 1. The second-order valence-electron chi connectivity index (χ2n) is 15.7. The van der Waals surface area contributed by atoms with Crippen LogP contribution in [0.2, 0.25) is 0 Å². The van der Waals surface area contributed by atoms with E-state index in [0.29, 0.717) is 82.1 Å². The van der Waals surface area contributed by atoms with Crippen LogP contribution in [-0.2, 0) is 25.7 Å². The number of rotatable bonds is 9. The highest BCUT2D eigenvalue weighted by Gasteiger charge is 2.36. The van der Waals surface area contributed by atoms with Gasteiger partial charge in [0.15, 0.2) is 0 Å². The van der Waals surface area contributed by atoms with Crippen LogP contribution in [0.25, 0.3) is 16.6 Å². The Hall–Kier alpha value is -5.31. The van der Waals surface area contributed by atoms with Crippen molar-refractivity contribution in [3.8, 4) is 5.69 Å². The van der Waals surface area contributed by atoms with Gasteiger partial charge in [0.1, 0.15) is 17.3 Å². The van der Waals surface area contributed by atoms with Crippen molar-refractivity contribution in [2.45, 2.75) is 82.9 Å². The first-order valence-corrected chi connectivity index (χ1v) is 22.1. The number of aryl methyl sites for hydroxylation is 2. The number of aliphatic imine (C=N–C) groups is 1. The average molecular weight is 822 g/mol. The molecule has 3 aromatic carbocycles. The number of hydrogen-bond acceptors (Lipinski definition) is 8. The minimum absolute atomic E-state index is 0.0167. The lowest BCUT2D eigenvalue weighted by atomic mass is 9.91. The highest BCUT2D eigenvalue weighted by Crippen LogP contribution is 2.34. The monoisotopic (exact) mass is 821 g/mol. The summed E-state index contributed by atoms with van der Waals surface area (Å²) in [6.07, 6.45) is 6.48. The predicted octanol–water partition coefficient (Wildman–Crippen LogP) is 7.23. The smallest absolute Gasteiger partial charge is 0.338 e. The van der Waals surface area contributed by atoms with Gasteiger partial charge in [0.05, 0.1) is 33.2 Å². The molecule has 5 heterocycles. The maximum absolute atomic E-state index is 15.0. The number of carbonyl (C=O) groups excluding carboxylic acids is 1. The summed E-state index contributed by atoms with van der Waals surface area (Å²) in [7, 11) is -1.02. The Balaban J connectivity index is 1.20. The van der Waals surface area contributed by atoms with Crippen molar-refractivity contribution >= 4 is 38.1 Å². The van der Waals surface area contributed by atoms with E-state index in [2.05, 4.69) is 27.1 Å². The van der Waals surface area contributed by atoms with Gasteiger partial charge in [-0.25, -0.2) is 22.7 Å². The molecule has 5 aromatic rings. The first-order valence-electron chi connectivity index (χ1n) is 20.4. The molecule has 1 amide bonds. The maximum Gasteiger partial charge on any atom is 0.338 e. The molecule has 3 aliphatic rings. The SMILES string of the molecule is CC[S@@](=O)(=NC)c1ccc(-n2ccn(C(=Nc3cc(C)c(F)c(C)c3)C3=C(N)CCN(C(=O)c4cc5cc(C6CCOCC6)ccc5n4C[C@@H]4CCO4)[C@H]3C)c2=O)cc1. The lowest BCUT2D eigenvalue weighted by molar-refractivity contribution is -0.0588. The van der Waals surface area contributed by atoms with Gasteiger partial charge in [-0.05, 0) is 117 Å². The van der Waals surface area contributed by atoms with Crippen LogP contribution in [-0.4, -0.2) is 85.9 Å². The summed E-state index contributed by atoms with van der Waals surface area (Å²) >= 11 is 0. The first-order chi connectivity index (χ1) is 28.4. The molecule has 2 aromatic heterocycles. The van der Waals surface area contributed by atoms with Crippen molar-refractivity contribution in [1.29, 1.82) is 0 Å². The highest BCUT2D eigenvalue weighted by molar-refractivity contribution is 7.93. The number of halogens is 1. The molecule has 2 N–H and O–H groups in total. The molecular formula is C45H52FN7O5S. The lowest BCUT2D eigenvalue weighted by Crippen LogP contribution is -2.48. The van der Waals surface area contributed by atoms with Crippen LogP contribution >= 0.6 is 0 Å². The summed E-state index contributed by atoms with van der Waals surface area (Å²) in [5.41, 5.74) is 12.1. The van der Waals surface area contributed by atoms with Gasteiger partial charge in [0.25, 0.3) is 5.91 Å². The summed E-state index contributed by atoms with van der Waals surface area (Å²) in [6.45, 7) is 10.2. The third-order valence-corrected chi connectivity index (χ3v) is 14.6. The van der Waals surface area contributed by atoms with Gasteiger partial charge in [-0.3, -0.25) is 13.9 Å². The topological polar surface area (TPSA) is 138 Å². The number of nitrogens with two attached hydrogens (primary N) is 1. The third-order valence-electron chi connectivity index (χ3n) is 12.2. The number of fused-ring (bicyclic) bond motifs is 1. The zero-order valence-corrected chi connectivity index (χ0v) is 35.1. The minimum atomic E-state index is -2.56. The Bertz CT molecular complexity index is 2650. The highest BCUT2D eigenvalue weighted by atomic mass is 32.2. The van der Waals surface area contributed by atoms with Gasteiger partial charge < -0.3 is 24.7 Å². The zero-order chi connectivity index (χ0) is 41.6. The van der Waals surface area contributed by atoms with Crippen molar-refractivity contribution in [1.82, 2.24) is 18.6 Å². The van der Waals surface area contributed by atoms with Gasteiger partial charge in [0.2, 0.25) is 0 Å². The van der Waals surface area contributed by atoms with Gasteiger partial charge in [0, 0.05) is 91.6 Å². The Morgan fingerprint density at radius 1 is 0.983 bits per heavy atom. The molecule has 0 aliphatic carbocycles. The van der Waals surface area contributed by atoms with Crippen molar-refractivity contribution < 1.29 is 22.9 Å². The third kappa shape index (κ3) is 7.57. The largest absolute Gasteiger partial charge is 0.402 e. The molecule has 12 nitrogen and oxygen atoms in total. The molecule has 8 rings (SSSR count). The minimum Gasteiger partial charge on any atom is -0.402 e. The number of carbonyl (C=O) groups is 1. The summed E-state index contributed by atoms with van der Waals surface area (Å²) in [5.74, 6) is 0.519. The Labute approximate surface area is 344 Å². The van der Waals surface area contributed by atoms with Crippen LogP contribution in [0.4, 0.5) is 10.1 Å². The quantitative estimate of drug-likeness (QED) is 0.123. The van der Waals surface area contributed by atoms with Crippen LogP contribution in [0.5, 0.6) is 0 Å². The molecule has 0 radical (unpaired) electrons. The van der Waals surface area contributed by atoms with Gasteiger partial charge in [-0.1, -0.05) is 13.0 Å². The van der Waals surface area contributed by atoms with E-state index in [1.54, 1.807) is 74.6 Å². The Kier molecular flexibility index (Phi) is 11.2. The fourth-order valence-electron chi connectivity index (χ4n) is 8.64. The predicted molar refractivity (Wildman–Crippen MR) is 229 cm³/mol. The van der Waals surface area contributed by atoms with Crippen molar-refractivity contribution in [2.75, 3.05) is 39.2 Å². The lowest BCUT2D eigenvalue weighted by Gasteiger charge is -2.37. The fraction of sp³-hybridized carbons (Fsp3) is 0.400. The summed E-state index contributed by atoms with van der Waals surface area (Å²) < 4.78 is 48.7. The van der Waals surface area contributed by atoms with Crippen LogP contribution in [0.3, 0.4) is 0 Å². The maximum atomic E-state index is 15.0. The molecule has 0 saturated carbocycles. The molecule has 3 aliphatic heterocycles. The summed E-state index contributed by atoms with van der Waals surface area (Å²) in [4.78, 5) is 36.8. The van der Waals surface area contributed by atoms with Crippen LogP contribution < -0.4 is 11.4 Å². The molecule has 310 valence electrons. The van der Waals surface area contributed by atoms with Crippen molar-refractivity contribution in [3.05, 3.63) is 123 Å². The van der Waals surface area contributed by atoms with E-state index in [9.17, 15) is 18.2 Å². The molecule has 2 saturated heterocycles. The number of aromatic nitrogens is 3. The van der Waals surface area contributed by atoms with Crippen LogP contribution in [0.1, 0.15) is 72.6 Å². The standard InChI is InChI=1S/C45H52FN7O5S/c1-6-59(56,48-5)37-10-8-35(9-11-37)51-18-19-52(45(51)55)43(49-34-23-28(2)42(46)29(3)24-34)41-30(4)50(17-13-38(41)47)44(54)40-26-33-25-32(31-14-20-57-21-15-31)7-12-39(33)53(40)27-36-16-22-58-36/h7-12,18-19,23-26,30-31,36H,6,13-17,20-22,27,47H2,1-5H3/t30-,36-,59-/m0/s1. The summed E-state index contributed by atoms with van der Waals surface area (Å²) in [5, 5.41) is 1.00. The van der Waals surface area contributed by atoms with Gasteiger partial charge >= 0.3 is 5.69 Å². The van der Waals surface area contributed by atoms with E-state index in [-0.39, 0.29) is 23.7 Å². The van der Waals surface area contributed by atoms with E-state index in [4.69, 9.17) is 20.2 Å². The average Bonchev–Trinajstić information content (AvgIpc) is 3.80. The summed E-state index contributed by atoms with van der Waals surface area (Å²) in [6, 6.07) is 18.1. The van der Waals surface area contributed by atoms with E-state index in [1.807, 2.05) is 19.9 Å². The van der Waals surface area contributed by atoms with Crippen molar-refractivity contribution in [3.63, 3.8) is 0 Å². The number of amides is 1. The molecule has 14 heteroatoms.